The van der Waals surface area contributed by atoms with Gasteiger partial charge in [-0.1, -0.05) is 106 Å². The molecule has 12 amide bonds. The number of aliphatic hydroxyl groups excluding tert-OH is 1. The topological polar surface area (TPSA) is 481 Å². The van der Waals surface area contributed by atoms with E-state index >= 15 is 9.59 Å². The zero-order valence-corrected chi connectivity index (χ0v) is 62.8. The molecule has 576 valence electrons. The summed E-state index contributed by atoms with van der Waals surface area (Å²) in [5.41, 5.74) is 8.26. The number of carboxylic acids is 1. The van der Waals surface area contributed by atoms with Crippen LogP contribution < -0.4 is 90.8 Å². The molecule has 3 unspecified atom stereocenters. The number of benzene rings is 2. The number of aliphatic hydroxyl groups is 1. The van der Waals surface area contributed by atoms with Gasteiger partial charge in [0.1, 0.15) is 60.4 Å². The summed E-state index contributed by atoms with van der Waals surface area (Å²) < 4.78 is 0. The van der Waals surface area contributed by atoms with Gasteiger partial charge >= 0.3 is 5.97 Å². The van der Waals surface area contributed by atoms with E-state index in [4.69, 9.17) is 5.73 Å². The normalized spacial score (nSPS) is 27.2. The zero-order valence-electron chi connectivity index (χ0n) is 61.2. The lowest BCUT2D eigenvalue weighted by Crippen LogP contribution is -2.61. The second-order valence-electron chi connectivity index (χ2n) is 29.1. The van der Waals surface area contributed by atoms with Gasteiger partial charge in [-0.05, 0) is 114 Å². The Kier molecular flexibility index (Phi) is 32.8. The molecule has 0 aromatic heterocycles. The van der Waals surface area contributed by atoms with Crippen LogP contribution >= 0.6 is 21.6 Å². The summed E-state index contributed by atoms with van der Waals surface area (Å²) in [4.78, 5) is 185. The lowest BCUT2D eigenvalue weighted by Gasteiger charge is -2.31. The lowest BCUT2D eigenvalue weighted by atomic mass is 9.92. The smallest absolute Gasteiger partial charge is 0.303 e. The maximum Gasteiger partial charge on any atom is 0.303 e. The number of carbonyl (C=O) groups is 13. The molecule has 34 heteroatoms. The van der Waals surface area contributed by atoms with E-state index in [0.29, 0.717) is 32.7 Å². The number of para-hydroxylation sites is 2. The number of carbonyl (C=O) groups excluding carboxylic acids is 12. The maximum absolute atomic E-state index is 15.1. The average molecular weight is 1490 g/mol. The van der Waals surface area contributed by atoms with Crippen LogP contribution in [0.4, 0.5) is 11.4 Å². The highest BCUT2D eigenvalue weighted by Crippen LogP contribution is 2.36. The highest BCUT2D eigenvalue weighted by molar-refractivity contribution is 8.76. The molecule has 0 aliphatic carbocycles. The predicted octanol–water partition coefficient (Wildman–Crippen LogP) is -0.901. The van der Waals surface area contributed by atoms with E-state index < -0.39 is 186 Å². The lowest BCUT2D eigenvalue weighted by molar-refractivity contribution is -0.138. The first-order valence-corrected chi connectivity index (χ1v) is 38.2. The van der Waals surface area contributed by atoms with E-state index in [1.165, 1.54) is 13.8 Å². The van der Waals surface area contributed by atoms with Gasteiger partial charge in [0.05, 0.1) is 18.7 Å². The van der Waals surface area contributed by atoms with Gasteiger partial charge in [0.15, 0.2) is 0 Å². The van der Waals surface area contributed by atoms with Gasteiger partial charge in [-0.25, -0.2) is 0 Å². The molecule has 2 saturated heterocycles. The fourth-order valence-electron chi connectivity index (χ4n) is 12.5. The van der Waals surface area contributed by atoms with Crippen LogP contribution in [0.2, 0.25) is 0 Å². The van der Waals surface area contributed by atoms with Crippen LogP contribution in [0.1, 0.15) is 150 Å². The molecule has 0 spiro atoms. The monoisotopic (exact) mass is 1490 g/mol. The SMILES string of the molecule is CCC(C)(C)N[C@H]1CSSC[C@@H](C(=O)N[C@H](C(N)=O)[C@@H](C)O)NC(=O)[C@H](CC2CNc3ccccc32)NC(=O)[C@H](C(C)C)NC(=O)[C@H](CC(C)C)NC(=O)[C@H](CCC(=O)O)NC(=O)CNC(=O)[C@H](CC(C)C)NC(=O)[C@H](CC2CNCN2)NC(=O)[C@H](CC2CNc3ccccc32)NC(=O)[C@H](C)NC1=O. The van der Waals surface area contributed by atoms with Gasteiger partial charge in [-0.2, -0.15) is 0 Å². The van der Waals surface area contributed by atoms with Crippen LogP contribution in [0, 0.1) is 17.8 Å². The third-order valence-electron chi connectivity index (χ3n) is 18.7. The van der Waals surface area contributed by atoms with Gasteiger partial charge in [-0.15, -0.1) is 0 Å². The number of rotatable bonds is 21. The van der Waals surface area contributed by atoms with E-state index in [1.54, 1.807) is 41.5 Å². The molecule has 0 saturated carbocycles. The molecule has 104 heavy (non-hydrogen) atoms. The van der Waals surface area contributed by atoms with E-state index in [1.807, 2.05) is 69.3 Å². The second kappa shape index (κ2) is 40.3. The van der Waals surface area contributed by atoms with Crippen molar-refractivity contribution in [1.29, 1.82) is 0 Å². The fraction of sp³-hybridized carbons (Fsp3) is 0.643. The van der Waals surface area contributed by atoms with E-state index in [9.17, 15) is 63.0 Å². The van der Waals surface area contributed by atoms with Crippen LogP contribution in [0.15, 0.2) is 48.5 Å². The Morgan fingerprint density at radius 1 is 0.587 bits per heavy atom. The van der Waals surface area contributed by atoms with Gasteiger partial charge in [0.2, 0.25) is 70.9 Å². The van der Waals surface area contributed by atoms with E-state index in [2.05, 4.69) is 85.1 Å². The Labute approximate surface area is 615 Å². The van der Waals surface area contributed by atoms with E-state index in [0.717, 1.165) is 44.1 Å². The van der Waals surface area contributed by atoms with Crippen molar-refractivity contribution in [2.45, 2.75) is 224 Å². The van der Waals surface area contributed by atoms with Crippen molar-refractivity contribution in [3.05, 3.63) is 59.7 Å². The number of hydrogen-bond donors (Lipinski definition) is 19. The summed E-state index contributed by atoms with van der Waals surface area (Å²) >= 11 is 0. The highest BCUT2D eigenvalue weighted by Gasteiger charge is 2.40. The molecule has 0 radical (unpaired) electrons. The Bertz CT molecular complexity index is 3360. The minimum atomic E-state index is -1.62. The van der Waals surface area contributed by atoms with Crippen LogP contribution in [0.5, 0.6) is 0 Å². The molecule has 2 aromatic carbocycles. The van der Waals surface area contributed by atoms with Crippen molar-refractivity contribution in [1.82, 2.24) is 74.4 Å². The molecule has 4 aliphatic rings. The maximum atomic E-state index is 15.1. The Balaban J connectivity index is 1.41. The first kappa shape index (κ1) is 84.6. The highest BCUT2D eigenvalue weighted by atomic mass is 33.1. The molecule has 32 nitrogen and oxygen atoms in total. The average Bonchev–Trinajstić information content (AvgIpc) is 1.65. The van der Waals surface area contributed by atoms with Crippen molar-refractivity contribution in [2.24, 2.45) is 23.5 Å². The summed E-state index contributed by atoms with van der Waals surface area (Å²) in [5.74, 6) is -13.8. The molecule has 4 aliphatic heterocycles. The predicted molar refractivity (Wildman–Crippen MR) is 395 cm³/mol. The molecular formula is C70H109N17O15S2. The molecule has 0 bridgehead atoms. The third-order valence-corrected chi connectivity index (χ3v) is 21.1. The summed E-state index contributed by atoms with van der Waals surface area (Å²) in [7, 11) is 2.16. The largest absolute Gasteiger partial charge is 0.481 e. The molecule has 20 N–H and O–H groups in total. The minimum absolute atomic E-state index is 0.00582. The number of carboxylic acid groups (broad SMARTS) is 1. The Morgan fingerprint density at radius 2 is 1.09 bits per heavy atom. The van der Waals surface area contributed by atoms with Gasteiger partial charge in [-0.3, -0.25) is 62.3 Å². The number of aliphatic carboxylic acids is 1. The van der Waals surface area contributed by atoms with Crippen molar-refractivity contribution < 1.29 is 72.5 Å². The number of amides is 12. The minimum Gasteiger partial charge on any atom is -0.481 e. The van der Waals surface area contributed by atoms with Crippen LogP contribution in [-0.4, -0.2) is 216 Å². The van der Waals surface area contributed by atoms with Crippen LogP contribution in [-0.2, 0) is 62.3 Å². The van der Waals surface area contributed by atoms with Crippen molar-refractivity contribution >= 4 is 110 Å². The fourth-order valence-corrected chi connectivity index (χ4v) is 14.9. The number of anilines is 2. The first-order chi connectivity index (χ1) is 49.1. The second-order valence-corrected chi connectivity index (χ2v) is 31.6. The number of nitrogens with one attached hydrogen (secondary N) is 16. The molecule has 6 rings (SSSR count). The summed E-state index contributed by atoms with van der Waals surface area (Å²) in [6, 6.07) is -0.801. The molecule has 2 fully saturated rings. The van der Waals surface area contributed by atoms with Gasteiger partial charge in [0.25, 0.3) is 0 Å². The van der Waals surface area contributed by atoms with Crippen LogP contribution in [0.25, 0.3) is 0 Å². The van der Waals surface area contributed by atoms with Crippen molar-refractivity contribution in [3.63, 3.8) is 0 Å². The summed E-state index contributed by atoms with van der Waals surface area (Å²) in [5, 5.41) is 66.4. The Morgan fingerprint density at radius 3 is 1.61 bits per heavy atom. The molecular weight excluding hydrogens is 1380 g/mol. The van der Waals surface area contributed by atoms with Crippen LogP contribution in [0.3, 0.4) is 0 Å². The third kappa shape index (κ3) is 26.1. The standard InChI is InChI=1S/C70H109N17O15S2/c1-12-70(10,11)87-54-33-104-103-32-53(67(100)86-58(39(9)88)59(71)92)84-64(97)51(26-41-29-74-46-20-16-14-18-44(41)46)83-69(102)57(37(6)7)85-66(99)49(24-36(4)5)81-62(95)47(21-22-56(90)91)78-55(89)31-75-61(94)48(23-35(2)3)80-65(98)52(27-42-30-72-34-76-42)82-63(96)50(79-60(93)38(8)77-68(54)101)25-40-28-73-45-19-15-13-17-43(40)45/h13-20,35-42,47-54,57-58,72-74,76,87-88H,12,21-34H2,1-11H3,(H2,71,92)(H,75,94)(H,77,101)(H,78,89)(H,79,93)(H,80,98)(H,81,95)(H,82,96)(H,83,102)(H,84,97)(H,85,99)(H,86,100)(H,90,91)/t38-,39+,40?,41?,42?,47-,48-,49-,50-,51-,52-,53-,54-,57-,58-/m0/s1. The van der Waals surface area contributed by atoms with E-state index in [-0.39, 0.29) is 67.4 Å². The van der Waals surface area contributed by atoms with Gasteiger partial charge < -0.3 is 101 Å². The zero-order chi connectivity index (χ0) is 76.7. The quantitative estimate of drug-likeness (QED) is 0.0674. The number of nitrogens with two attached hydrogens (primary N) is 1. The molecule has 4 heterocycles. The first-order valence-electron chi connectivity index (χ1n) is 35.7. The molecule has 15 atom stereocenters. The van der Waals surface area contributed by atoms with Gasteiger partial charge in [0, 0.05) is 79.0 Å². The van der Waals surface area contributed by atoms with Crippen molar-refractivity contribution in [3.8, 4) is 0 Å². The molecule has 2 aromatic rings. The number of primary amides is 1. The number of fused-ring (bicyclic) bond motifs is 2. The summed E-state index contributed by atoms with van der Waals surface area (Å²) in [6.45, 7) is 19.4. The summed E-state index contributed by atoms with van der Waals surface area (Å²) in [6.07, 6.45) is -2.08. The Hall–Kier alpha value is -8.31. The number of hydrogen-bond acceptors (Lipinski definition) is 21. The van der Waals surface area contributed by atoms with Crippen molar-refractivity contribution in [2.75, 3.05) is 55.0 Å².